The Labute approximate surface area is 148 Å². The van der Waals surface area contributed by atoms with E-state index in [0.29, 0.717) is 5.69 Å². The van der Waals surface area contributed by atoms with Gasteiger partial charge in [-0.2, -0.15) is 13.2 Å². The van der Waals surface area contributed by atoms with Crippen molar-refractivity contribution in [3.8, 4) is 0 Å². The van der Waals surface area contributed by atoms with Crippen LogP contribution in [0.4, 0.5) is 18.9 Å². The van der Waals surface area contributed by atoms with E-state index >= 15 is 0 Å². The Kier molecular flexibility index (Phi) is 5.15. The monoisotopic (exact) mass is 399 g/mol. The Hall–Kier alpha value is -1.53. The summed E-state index contributed by atoms with van der Waals surface area (Å²) < 4.78 is 39.6. The van der Waals surface area contributed by atoms with E-state index in [4.69, 9.17) is 0 Å². The lowest BCUT2D eigenvalue weighted by molar-refractivity contribution is -0.914. The standard InChI is InChI=1S/C18H18BrF3N2/c19-16-5-1-3-14(11-16)13-23-7-9-24(10-8-23)17-6-2-4-15(12-17)18(20,21)22/h1-6,11-12H,7-10,13H2/p+1. The molecule has 2 aromatic rings. The van der Waals surface area contributed by atoms with Crippen LogP contribution in [0.15, 0.2) is 53.0 Å². The van der Waals surface area contributed by atoms with E-state index in [2.05, 4.69) is 28.1 Å². The summed E-state index contributed by atoms with van der Waals surface area (Å²) in [5, 5.41) is 0. The fourth-order valence-corrected chi connectivity index (χ4v) is 3.52. The van der Waals surface area contributed by atoms with Gasteiger partial charge in [-0.05, 0) is 30.3 Å². The van der Waals surface area contributed by atoms with Crippen molar-refractivity contribution < 1.29 is 18.1 Å². The summed E-state index contributed by atoms with van der Waals surface area (Å²) >= 11 is 3.48. The van der Waals surface area contributed by atoms with Gasteiger partial charge in [0.15, 0.2) is 0 Å². The van der Waals surface area contributed by atoms with Gasteiger partial charge >= 0.3 is 6.18 Å². The molecule has 0 aromatic heterocycles. The summed E-state index contributed by atoms with van der Waals surface area (Å²) in [6.07, 6.45) is -4.29. The Balaban J connectivity index is 1.61. The Bertz CT molecular complexity index is 695. The summed E-state index contributed by atoms with van der Waals surface area (Å²) in [4.78, 5) is 3.50. The number of halogens is 4. The second-order valence-corrected chi connectivity index (χ2v) is 7.01. The van der Waals surface area contributed by atoms with E-state index in [1.807, 2.05) is 17.0 Å². The maximum absolute atomic E-state index is 12.8. The molecule has 0 unspecified atom stereocenters. The smallest absolute Gasteiger partial charge is 0.360 e. The van der Waals surface area contributed by atoms with E-state index < -0.39 is 11.7 Å². The van der Waals surface area contributed by atoms with Crippen molar-refractivity contribution in [2.24, 2.45) is 0 Å². The number of nitrogens with zero attached hydrogens (tertiary/aromatic N) is 1. The highest BCUT2D eigenvalue weighted by Crippen LogP contribution is 2.31. The minimum Gasteiger partial charge on any atom is -0.360 e. The zero-order chi connectivity index (χ0) is 17.2. The highest BCUT2D eigenvalue weighted by atomic mass is 79.9. The molecule has 6 heteroatoms. The lowest BCUT2D eigenvalue weighted by Gasteiger charge is -2.34. The number of anilines is 1. The summed E-state index contributed by atoms with van der Waals surface area (Å²) in [6.45, 7) is 4.32. The fraction of sp³-hybridized carbons (Fsp3) is 0.333. The molecular formula is C18H19BrF3N2+. The minimum atomic E-state index is -4.29. The lowest BCUT2D eigenvalue weighted by Crippen LogP contribution is -3.13. The van der Waals surface area contributed by atoms with Crippen molar-refractivity contribution in [1.29, 1.82) is 0 Å². The lowest BCUT2D eigenvalue weighted by atomic mass is 10.1. The van der Waals surface area contributed by atoms with Crippen molar-refractivity contribution in [2.75, 3.05) is 31.1 Å². The third-order valence-electron chi connectivity index (χ3n) is 4.35. The third-order valence-corrected chi connectivity index (χ3v) is 4.85. The number of nitrogens with one attached hydrogen (secondary N) is 1. The molecule has 2 nitrogen and oxygen atoms in total. The van der Waals surface area contributed by atoms with Gasteiger partial charge in [-0.25, -0.2) is 0 Å². The van der Waals surface area contributed by atoms with Crippen LogP contribution in [0, 0.1) is 0 Å². The minimum absolute atomic E-state index is 0.580. The maximum atomic E-state index is 12.8. The zero-order valence-corrected chi connectivity index (χ0v) is 14.7. The van der Waals surface area contributed by atoms with E-state index in [1.54, 1.807) is 6.07 Å². The molecule has 1 fully saturated rings. The Morgan fingerprint density at radius 1 is 1.00 bits per heavy atom. The number of rotatable bonds is 3. The molecule has 0 saturated carbocycles. The van der Waals surface area contributed by atoms with E-state index in [0.717, 1.165) is 43.3 Å². The van der Waals surface area contributed by atoms with Crippen LogP contribution in [0.5, 0.6) is 0 Å². The van der Waals surface area contributed by atoms with Gasteiger partial charge in [0.25, 0.3) is 0 Å². The molecular weight excluding hydrogens is 381 g/mol. The first-order valence-electron chi connectivity index (χ1n) is 7.92. The van der Waals surface area contributed by atoms with Crippen LogP contribution in [-0.4, -0.2) is 26.2 Å². The zero-order valence-electron chi connectivity index (χ0n) is 13.1. The van der Waals surface area contributed by atoms with Gasteiger partial charge in [0.2, 0.25) is 0 Å². The molecule has 1 saturated heterocycles. The largest absolute Gasteiger partial charge is 0.416 e. The molecule has 0 aliphatic carbocycles. The van der Waals surface area contributed by atoms with Crippen LogP contribution in [0.2, 0.25) is 0 Å². The molecule has 0 amide bonds. The fourth-order valence-electron chi connectivity index (χ4n) is 3.07. The van der Waals surface area contributed by atoms with E-state index in [9.17, 15) is 13.2 Å². The Morgan fingerprint density at radius 3 is 2.38 bits per heavy atom. The summed E-state index contributed by atoms with van der Waals surface area (Å²) in [6, 6.07) is 13.9. The molecule has 1 N–H and O–H groups in total. The molecule has 24 heavy (non-hydrogen) atoms. The number of hydrogen-bond acceptors (Lipinski definition) is 1. The number of hydrogen-bond donors (Lipinski definition) is 1. The van der Waals surface area contributed by atoms with E-state index in [-0.39, 0.29) is 0 Å². The maximum Gasteiger partial charge on any atom is 0.416 e. The van der Waals surface area contributed by atoms with Gasteiger partial charge in [-0.3, -0.25) is 0 Å². The van der Waals surface area contributed by atoms with Gasteiger partial charge in [-0.15, -0.1) is 0 Å². The SMILES string of the molecule is FC(F)(F)c1cccc(N2CC[NH+](Cc3cccc(Br)c3)CC2)c1. The van der Waals surface area contributed by atoms with Crippen molar-refractivity contribution in [3.63, 3.8) is 0 Å². The topological polar surface area (TPSA) is 7.68 Å². The summed E-state index contributed by atoms with van der Waals surface area (Å²) in [5.41, 5.74) is 1.35. The summed E-state index contributed by atoms with van der Waals surface area (Å²) in [5.74, 6) is 0. The van der Waals surface area contributed by atoms with Crippen LogP contribution in [-0.2, 0) is 12.7 Å². The number of benzene rings is 2. The van der Waals surface area contributed by atoms with Crippen molar-refractivity contribution >= 4 is 21.6 Å². The second kappa shape index (κ2) is 7.15. The first kappa shape index (κ1) is 17.3. The predicted molar refractivity (Wildman–Crippen MR) is 92.2 cm³/mol. The molecule has 0 radical (unpaired) electrons. The molecule has 128 valence electrons. The van der Waals surface area contributed by atoms with Crippen LogP contribution >= 0.6 is 15.9 Å². The van der Waals surface area contributed by atoms with Crippen LogP contribution < -0.4 is 9.80 Å². The highest BCUT2D eigenvalue weighted by molar-refractivity contribution is 9.10. The second-order valence-electron chi connectivity index (χ2n) is 6.09. The average Bonchev–Trinajstić information content (AvgIpc) is 2.55. The van der Waals surface area contributed by atoms with Crippen LogP contribution in [0.3, 0.4) is 0 Å². The highest BCUT2D eigenvalue weighted by Gasteiger charge is 2.31. The molecule has 1 heterocycles. The third kappa shape index (κ3) is 4.30. The number of quaternary nitrogens is 1. The molecule has 2 aromatic carbocycles. The first-order valence-corrected chi connectivity index (χ1v) is 8.71. The normalized spacial score (nSPS) is 16.4. The van der Waals surface area contributed by atoms with Gasteiger partial charge in [0.1, 0.15) is 6.54 Å². The average molecular weight is 400 g/mol. The molecule has 0 spiro atoms. The summed E-state index contributed by atoms with van der Waals surface area (Å²) in [7, 11) is 0. The number of alkyl halides is 3. The molecule has 1 aliphatic heterocycles. The predicted octanol–water partition coefficient (Wildman–Crippen LogP) is 3.37. The van der Waals surface area contributed by atoms with E-state index in [1.165, 1.54) is 22.6 Å². The van der Waals surface area contributed by atoms with Crippen LogP contribution in [0.1, 0.15) is 11.1 Å². The van der Waals surface area contributed by atoms with Gasteiger partial charge in [0.05, 0.1) is 31.7 Å². The van der Waals surface area contributed by atoms with Gasteiger partial charge in [0, 0.05) is 15.7 Å². The first-order chi connectivity index (χ1) is 11.4. The molecule has 3 rings (SSSR count). The van der Waals surface area contributed by atoms with Gasteiger partial charge < -0.3 is 9.80 Å². The number of piperazine rings is 1. The molecule has 0 bridgehead atoms. The Morgan fingerprint density at radius 2 is 1.71 bits per heavy atom. The molecule has 1 aliphatic rings. The van der Waals surface area contributed by atoms with Crippen molar-refractivity contribution in [3.05, 3.63) is 64.1 Å². The molecule has 0 atom stereocenters. The van der Waals surface area contributed by atoms with Gasteiger partial charge in [-0.1, -0.05) is 34.1 Å². The quantitative estimate of drug-likeness (QED) is 0.831. The van der Waals surface area contributed by atoms with Crippen molar-refractivity contribution in [2.45, 2.75) is 12.7 Å². The van der Waals surface area contributed by atoms with Crippen LogP contribution in [0.25, 0.3) is 0 Å². The van der Waals surface area contributed by atoms with Crippen molar-refractivity contribution in [1.82, 2.24) is 0 Å².